The lowest BCUT2D eigenvalue weighted by atomic mass is 9.89. The molecule has 1 heterocycles. The van der Waals surface area contributed by atoms with Gasteiger partial charge in [-0.25, -0.2) is 0 Å². The number of piperidine rings is 1. The Morgan fingerprint density at radius 2 is 1.48 bits per heavy atom. The van der Waals surface area contributed by atoms with Crippen molar-refractivity contribution in [2.75, 3.05) is 13.1 Å². The Labute approximate surface area is 127 Å². The molecule has 0 amide bonds. The molecule has 0 atom stereocenters. The molecule has 110 valence electrons. The molecule has 1 saturated heterocycles. The van der Waals surface area contributed by atoms with Crippen molar-refractivity contribution in [3.8, 4) is 0 Å². The Morgan fingerprint density at radius 3 is 2.10 bits per heavy atom. The minimum atomic E-state index is 0.128. The van der Waals surface area contributed by atoms with Crippen LogP contribution in [0.4, 0.5) is 0 Å². The Hall–Kier alpha value is -1.64. The van der Waals surface area contributed by atoms with Crippen LogP contribution in [0.3, 0.4) is 0 Å². The lowest BCUT2D eigenvalue weighted by Crippen LogP contribution is -2.32. The summed E-state index contributed by atoms with van der Waals surface area (Å²) in [4.78, 5) is 2.54. The van der Waals surface area contributed by atoms with E-state index in [-0.39, 0.29) is 6.61 Å². The van der Waals surface area contributed by atoms with Gasteiger partial charge < -0.3 is 5.11 Å². The number of hydrogen-bond acceptors (Lipinski definition) is 2. The number of likely N-dealkylation sites (tertiary alicyclic amines) is 1. The van der Waals surface area contributed by atoms with Gasteiger partial charge in [0.2, 0.25) is 0 Å². The van der Waals surface area contributed by atoms with E-state index >= 15 is 0 Å². The van der Waals surface area contributed by atoms with E-state index < -0.39 is 0 Å². The SMILES string of the molecule is OCc1ccc(CN2CCC(c3ccccc3)CC2)cc1. The van der Waals surface area contributed by atoms with Crippen molar-refractivity contribution >= 4 is 0 Å². The molecule has 1 fully saturated rings. The third-order valence-electron chi connectivity index (χ3n) is 4.47. The number of aliphatic hydroxyl groups excluding tert-OH is 1. The van der Waals surface area contributed by atoms with E-state index in [9.17, 15) is 0 Å². The highest BCUT2D eigenvalue weighted by Gasteiger charge is 2.20. The summed E-state index contributed by atoms with van der Waals surface area (Å²) in [5.41, 5.74) is 3.82. The maximum atomic E-state index is 9.08. The van der Waals surface area contributed by atoms with Gasteiger partial charge in [0, 0.05) is 6.54 Å². The monoisotopic (exact) mass is 281 g/mol. The zero-order chi connectivity index (χ0) is 14.5. The number of aliphatic hydroxyl groups is 1. The van der Waals surface area contributed by atoms with Gasteiger partial charge in [0.1, 0.15) is 0 Å². The van der Waals surface area contributed by atoms with E-state index in [4.69, 9.17) is 5.11 Å². The van der Waals surface area contributed by atoms with Crippen LogP contribution in [0.1, 0.15) is 35.4 Å². The third kappa shape index (κ3) is 3.72. The van der Waals surface area contributed by atoms with Crippen LogP contribution in [0.25, 0.3) is 0 Å². The summed E-state index contributed by atoms with van der Waals surface area (Å²) in [6, 6.07) is 19.2. The topological polar surface area (TPSA) is 23.5 Å². The second-order valence-corrected chi connectivity index (χ2v) is 5.94. The van der Waals surface area contributed by atoms with Gasteiger partial charge in [-0.05, 0) is 48.5 Å². The molecule has 0 unspecified atom stereocenters. The van der Waals surface area contributed by atoms with Gasteiger partial charge in [-0.15, -0.1) is 0 Å². The highest BCUT2D eigenvalue weighted by atomic mass is 16.3. The van der Waals surface area contributed by atoms with Crippen LogP contribution in [-0.2, 0) is 13.2 Å². The fourth-order valence-corrected chi connectivity index (χ4v) is 3.16. The maximum Gasteiger partial charge on any atom is 0.0681 e. The van der Waals surface area contributed by atoms with Gasteiger partial charge >= 0.3 is 0 Å². The van der Waals surface area contributed by atoms with Crippen LogP contribution in [0.2, 0.25) is 0 Å². The molecule has 1 aliphatic rings. The molecule has 2 aromatic rings. The van der Waals surface area contributed by atoms with E-state index in [0.29, 0.717) is 0 Å². The second kappa shape index (κ2) is 6.88. The molecule has 0 aromatic heterocycles. The van der Waals surface area contributed by atoms with E-state index in [2.05, 4.69) is 47.4 Å². The smallest absolute Gasteiger partial charge is 0.0681 e. The molecule has 0 saturated carbocycles. The first kappa shape index (κ1) is 14.3. The molecule has 2 heteroatoms. The number of benzene rings is 2. The van der Waals surface area contributed by atoms with E-state index in [1.165, 1.54) is 37.1 Å². The third-order valence-corrected chi connectivity index (χ3v) is 4.47. The lowest BCUT2D eigenvalue weighted by Gasteiger charge is -2.32. The van der Waals surface area contributed by atoms with Gasteiger partial charge in [0.25, 0.3) is 0 Å². The summed E-state index contributed by atoms with van der Waals surface area (Å²) >= 11 is 0. The fraction of sp³-hybridized carbons (Fsp3) is 0.368. The van der Waals surface area contributed by atoms with Gasteiger partial charge in [-0.3, -0.25) is 4.90 Å². The van der Waals surface area contributed by atoms with Crippen molar-refractivity contribution in [2.24, 2.45) is 0 Å². The van der Waals surface area contributed by atoms with Crippen LogP contribution in [-0.4, -0.2) is 23.1 Å². The first-order valence-electron chi connectivity index (χ1n) is 7.81. The van der Waals surface area contributed by atoms with Crippen LogP contribution >= 0.6 is 0 Å². The molecule has 0 spiro atoms. The first-order chi connectivity index (χ1) is 10.3. The Morgan fingerprint density at radius 1 is 0.857 bits per heavy atom. The summed E-state index contributed by atoms with van der Waals surface area (Å²) in [6.07, 6.45) is 2.50. The summed E-state index contributed by atoms with van der Waals surface area (Å²) in [5.74, 6) is 0.721. The maximum absolute atomic E-state index is 9.08. The molecule has 1 aliphatic heterocycles. The summed E-state index contributed by atoms with van der Waals surface area (Å²) < 4.78 is 0. The molecule has 3 rings (SSSR count). The molecule has 0 radical (unpaired) electrons. The quantitative estimate of drug-likeness (QED) is 0.926. The van der Waals surface area contributed by atoms with Crippen LogP contribution in [0.15, 0.2) is 54.6 Å². The van der Waals surface area contributed by atoms with Crippen molar-refractivity contribution in [1.29, 1.82) is 0 Å². The van der Waals surface area contributed by atoms with Crippen molar-refractivity contribution < 1.29 is 5.11 Å². The van der Waals surface area contributed by atoms with Gasteiger partial charge in [0.05, 0.1) is 6.61 Å². The van der Waals surface area contributed by atoms with Crippen LogP contribution in [0.5, 0.6) is 0 Å². The molecular formula is C19H23NO. The van der Waals surface area contributed by atoms with Gasteiger partial charge in [-0.2, -0.15) is 0 Å². The standard InChI is InChI=1S/C19H23NO/c21-15-17-8-6-16(7-9-17)14-20-12-10-19(11-13-20)18-4-2-1-3-5-18/h1-9,19,21H,10-15H2. The Kier molecular flexibility index (Phi) is 4.69. The molecule has 21 heavy (non-hydrogen) atoms. The van der Waals surface area contributed by atoms with Crippen molar-refractivity contribution in [2.45, 2.75) is 31.9 Å². The Bertz CT molecular complexity index is 542. The molecular weight excluding hydrogens is 258 g/mol. The fourth-order valence-electron chi connectivity index (χ4n) is 3.16. The minimum Gasteiger partial charge on any atom is -0.392 e. The molecule has 0 bridgehead atoms. The zero-order valence-corrected chi connectivity index (χ0v) is 12.4. The predicted octanol–water partition coefficient (Wildman–Crippen LogP) is 3.56. The van der Waals surface area contributed by atoms with Crippen molar-refractivity contribution in [3.05, 3.63) is 71.3 Å². The van der Waals surface area contributed by atoms with Crippen LogP contribution in [0, 0.1) is 0 Å². The van der Waals surface area contributed by atoms with Crippen molar-refractivity contribution in [1.82, 2.24) is 4.90 Å². The minimum absolute atomic E-state index is 0.128. The largest absolute Gasteiger partial charge is 0.392 e. The van der Waals surface area contributed by atoms with E-state index in [1.807, 2.05) is 12.1 Å². The first-order valence-corrected chi connectivity index (χ1v) is 7.81. The van der Waals surface area contributed by atoms with Crippen LogP contribution < -0.4 is 0 Å². The molecule has 1 N–H and O–H groups in total. The molecule has 0 aliphatic carbocycles. The highest BCUT2D eigenvalue weighted by molar-refractivity contribution is 5.22. The summed E-state index contributed by atoms with van der Waals surface area (Å²) in [7, 11) is 0. The van der Waals surface area contributed by atoms with Gasteiger partial charge in [-0.1, -0.05) is 54.6 Å². The average Bonchev–Trinajstić information content (AvgIpc) is 2.57. The molecule has 2 nitrogen and oxygen atoms in total. The highest BCUT2D eigenvalue weighted by Crippen LogP contribution is 2.28. The average molecular weight is 281 g/mol. The lowest BCUT2D eigenvalue weighted by molar-refractivity contribution is 0.204. The van der Waals surface area contributed by atoms with Gasteiger partial charge in [0.15, 0.2) is 0 Å². The van der Waals surface area contributed by atoms with Crippen molar-refractivity contribution in [3.63, 3.8) is 0 Å². The zero-order valence-electron chi connectivity index (χ0n) is 12.4. The summed E-state index contributed by atoms with van der Waals surface area (Å²) in [6.45, 7) is 3.48. The number of hydrogen-bond donors (Lipinski definition) is 1. The molecule has 2 aromatic carbocycles. The number of rotatable bonds is 4. The van der Waals surface area contributed by atoms with E-state index in [0.717, 1.165) is 18.0 Å². The Balaban J connectivity index is 1.53. The van der Waals surface area contributed by atoms with E-state index in [1.54, 1.807) is 0 Å². The number of nitrogens with zero attached hydrogens (tertiary/aromatic N) is 1. The second-order valence-electron chi connectivity index (χ2n) is 5.94. The predicted molar refractivity (Wildman–Crippen MR) is 86.1 cm³/mol. The summed E-state index contributed by atoms with van der Waals surface area (Å²) in [5, 5.41) is 9.08. The normalized spacial score (nSPS) is 17.0.